The highest BCUT2D eigenvalue weighted by molar-refractivity contribution is 6.38. The Kier molecular flexibility index (Phi) is 14.7. The molecule has 4 aliphatic rings. The minimum absolute atomic E-state index is 0.0280. The second-order valence-electron chi connectivity index (χ2n) is 14.2. The molecule has 2 aliphatic carbocycles. The van der Waals surface area contributed by atoms with Crippen LogP contribution in [0.4, 0.5) is 26.3 Å². The topological polar surface area (TPSA) is 133 Å². The summed E-state index contributed by atoms with van der Waals surface area (Å²) in [5, 5.41) is 11.6. The highest BCUT2D eigenvalue weighted by Crippen LogP contribution is 2.53. The number of rotatable bonds is 4. The van der Waals surface area contributed by atoms with Crippen LogP contribution < -0.4 is 0 Å². The number of carbonyl (C=O) groups excluding carboxylic acids is 5. The van der Waals surface area contributed by atoms with E-state index in [-0.39, 0.29) is 96.1 Å². The number of aliphatic hydroxyl groups is 1. The summed E-state index contributed by atoms with van der Waals surface area (Å²) in [7, 11) is 0. The smallest absolute Gasteiger partial charge is 0.391 e. The second-order valence-corrected chi connectivity index (χ2v) is 15.9. The molecular formula is C39H36Cl4F6O9. The zero-order chi connectivity index (χ0) is 43.5. The third-order valence-electron chi connectivity index (χ3n) is 10.1. The maximum atomic E-state index is 13.0. The van der Waals surface area contributed by atoms with E-state index in [4.69, 9.17) is 55.9 Å². The molecule has 2 saturated carbocycles. The van der Waals surface area contributed by atoms with Gasteiger partial charge >= 0.3 is 36.2 Å². The van der Waals surface area contributed by atoms with Gasteiger partial charge in [0.2, 0.25) is 0 Å². The summed E-state index contributed by atoms with van der Waals surface area (Å²) in [6.45, 7) is 3.73. The van der Waals surface area contributed by atoms with E-state index in [1.165, 1.54) is 45.0 Å². The van der Waals surface area contributed by atoms with Crippen molar-refractivity contribution in [1.82, 2.24) is 0 Å². The van der Waals surface area contributed by atoms with E-state index < -0.39 is 59.3 Å². The maximum Gasteiger partial charge on any atom is 0.391 e. The predicted molar refractivity (Wildman–Crippen MR) is 201 cm³/mol. The van der Waals surface area contributed by atoms with Gasteiger partial charge in [-0.15, -0.1) is 0 Å². The molecule has 2 aromatic carbocycles. The van der Waals surface area contributed by atoms with Gasteiger partial charge in [-0.2, -0.15) is 26.3 Å². The van der Waals surface area contributed by atoms with Gasteiger partial charge in [-0.1, -0.05) is 58.5 Å². The van der Waals surface area contributed by atoms with Crippen molar-refractivity contribution in [2.75, 3.05) is 0 Å². The number of aliphatic hydroxyl groups excluding tert-OH is 1. The molecule has 0 unspecified atom stereocenters. The van der Waals surface area contributed by atoms with Crippen LogP contribution in [-0.4, -0.2) is 58.3 Å². The molecule has 2 fully saturated rings. The van der Waals surface area contributed by atoms with Crippen molar-refractivity contribution in [1.29, 1.82) is 0 Å². The molecule has 2 spiro atoms. The lowest BCUT2D eigenvalue weighted by molar-refractivity contribution is -0.194. The van der Waals surface area contributed by atoms with Gasteiger partial charge in [0.25, 0.3) is 0 Å². The van der Waals surface area contributed by atoms with Gasteiger partial charge in [-0.3, -0.25) is 14.4 Å². The normalized spacial score (nSPS) is 24.4. The molecule has 0 radical (unpaired) electrons. The molecule has 0 bridgehead atoms. The average Bonchev–Trinajstić information content (AvgIpc) is 3.47. The summed E-state index contributed by atoms with van der Waals surface area (Å²) < 4.78 is 92.4. The Labute approximate surface area is 348 Å². The fraction of sp³-hybridized carbons (Fsp3) is 0.462. The zero-order valence-electron chi connectivity index (χ0n) is 31.0. The third-order valence-corrected chi connectivity index (χ3v) is 11.2. The van der Waals surface area contributed by atoms with Crippen molar-refractivity contribution in [3.05, 3.63) is 78.9 Å². The van der Waals surface area contributed by atoms with E-state index >= 15 is 0 Å². The van der Waals surface area contributed by atoms with Gasteiger partial charge in [0, 0.05) is 41.4 Å². The van der Waals surface area contributed by atoms with Gasteiger partial charge in [-0.25, -0.2) is 9.59 Å². The summed E-state index contributed by atoms with van der Waals surface area (Å²) in [6.07, 6.45) is -9.46. The largest absolute Gasteiger partial charge is 0.507 e. The van der Waals surface area contributed by atoms with Crippen molar-refractivity contribution in [2.45, 2.75) is 102 Å². The summed E-state index contributed by atoms with van der Waals surface area (Å²) in [4.78, 5) is 56.3. The third kappa shape index (κ3) is 10.9. The first-order chi connectivity index (χ1) is 26.8. The van der Waals surface area contributed by atoms with Gasteiger partial charge in [-0.05, 0) is 88.1 Å². The van der Waals surface area contributed by atoms with Gasteiger partial charge in [0.1, 0.15) is 17.0 Å². The molecule has 0 saturated heterocycles. The highest BCUT2D eigenvalue weighted by atomic mass is 35.5. The summed E-state index contributed by atoms with van der Waals surface area (Å²) >= 11 is 24.0. The Morgan fingerprint density at radius 1 is 0.690 bits per heavy atom. The van der Waals surface area contributed by atoms with Crippen LogP contribution in [0.15, 0.2) is 47.7 Å². The monoisotopic (exact) mass is 902 g/mol. The molecule has 2 aromatic rings. The number of benzene rings is 2. The summed E-state index contributed by atoms with van der Waals surface area (Å²) in [5.74, 6) is -6.01. The predicted octanol–water partition coefficient (Wildman–Crippen LogP) is 11.2. The quantitative estimate of drug-likeness (QED) is 0.138. The highest BCUT2D eigenvalue weighted by Gasteiger charge is 2.55. The number of Topliss-reactive ketones (excluding diaryl/α,β-unsaturated/α-hetero) is 1. The van der Waals surface area contributed by atoms with E-state index in [1.54, 1.807) is 12.1 Å². The molecule has 2 heterocycles. The maximum absolute atomic E-state index is 13.0. The first-order valence-corrected chi connectivity index (χ1v) is 19.2. The molecule has 0 amide bonds. The molecule has 58 heavy (non-hydrogen) atoms. The van der Waals surface area contributed by atoms with Crippen molar-refractivity contribution >= 4 is 87.2 Å². The average molecular weight is 905 g/mol. The van der Waals surface area contributed by atoms with E-state index in [0.717, 1.165) is 0 Å². The Hall–Kier alpha value is -3.79. The summed E-state index contributed by atoms with van der Waals surface area (Å²) in [5.41, 5.74) is -1.47. The van der Waals surface area contributed by atoms with Crippen LogP contribution in [-0.2, 0) is 38.2 Å². The standard InChI is InChI=1S/C19H17Cl2F3O3.C16H13Cl2F3O3.C4H6O3/c1-10(25)8-14-16(13-3-2-12(20)9-15(13)21)17(26)27-18(14)6-4-11(5-7-18)19(22,23)24;17-9-1-2-10(11(18)7-9)12-13(22)15(24-14(12)23)5-3-8(4-6-15)16(19,20)21;1-3(5)7-4(2)6/h2-3,9,11H,4-8H2,1H3;1-2,7-8,22H,3-6H2;1-2H3. The number of esters is 4. The lowest BCUT2D eigenvalue weighted by atomic mass is 9.72. The SMILES string of the molecule is CC(=O)CC1=C(c2ccc(Cl)cc2Cl)C(=O)OC12CCC(C(F)(F)F)CC2.CC(=O)OC(C)=O.O=C1OC2(CCC(C(F)(F)F)CC2)C(O)=C1c1ccc(Cl)cc1Cl. The lowest BCUT2D eigenvalue weighted by Crippen LogP contribution is -2.40. The first kappa shape index (κ1) is 46.9. The molecule has 19 heteroatoms. The van der Waals surface area contributed by atoms with Crippen molar-refractivity contribution < 1.29 is 69.6 Å². The molecule has 2 aliphatic heterocycles. The Morgan fingerprint density at radius 2 is 1.07 bits per heavy atom. The molecule has 9 nitrogen and oxygen atoms in total. The summed E-state index contributed by atoms with van der Waals surface area (Å²) in [6, 6.07) is 8.97. The lowest BCUT2D eigenvalue weighted by Gasteiger charge is -2.38. The second kappa shape index (κ2) is 18.2. The zero-order valence-corrected chi connectivity index (χ0v) is 34.0. The molecule has 6 rings (SSSR count). The number of ketones is 1. The Morgan fingerprint density at radius 3 is 1.43 bits per heavy atom. The van der Waals surface area contributed by atoms with E-state index in [0.29, 0.717) is 21.2 Å². The van der Waals surface area contributed by atoms with Crippen molar-refractivity contribution in [2.24, 2.45) is 11.8 Å². The van der Waals surface area contributed by atoms with Gasteiger partial charge < -0.3 is 19.3 Å². The number of carbonyl (C=O) groups is 5. The van der Waals surface area contributed by atoms with Crippen LogP contribution in [0, 0.1) is 11.8 Å². The van der Waals surface area contributed by atoms with E-state index in [2.05, 4.69) is 4.74 Å². The van der Waals surface area contributed by atoms with Crippen LogP contribution >= 0.6 is 46.4 Å². The number of halogens is 10. The number of ether oxygens (including phenoxy) is 3. The number of hydrogen-bond acceptors (Lipinski definition) is 9. The number of hydrogen-bond donors (Lipinski definition) is 1. The molecule has 0 atom stereocenters. The van der Waals surface area contributed by atoms with Crippen LogP contribution in [0.2, 0.25) is 20.1 Å². The van der Waals surface area contributed by atoms with Crippen LogP contribution in [0.25, 0.3) is 11.1 Å². The molecular weight excluding hydrogens is 868 g/mol. The minimum Gasteiger partial charge on any atom is -0.507 e. The minimum atomic E-state index is -4.29. The van der Waals surface area contributed by atoms with Gasteiger partial charge in [0.15, 0.2) is 11.4 Å². The molecule has 1 N–H and O–H groups in total. The fourth-order valence-corrected chi connectivity index (χ4v) is 8.41. The Balaban J connectivity index is 0.000000222. The van der Waals surface area contributed by atoms with Crippen LogP contribution in [0.3, 0.4) is 0 Å². The van der Waals surface area contributed by atoms with Gasteiger partial charge in [0.05, 0.1) is 27.5 Å². The van der Waals surface area contributed by atoms with E-state index in [1.807, 2.05) is 0 Å². The molecule has 0 aromatic heterocycles. The van der Waals surface area contributed by atoms with Crippen LogP contribution in [0.5, 0.6) is 0 Å². The molecule has 316 valence electrons. The fourth-order valence-electron chi connectivity index (χ4n) is 7.40. The number of alkyl halides is 6. The Bertz CT molecular complexity index is 2020. The first-order valence-electron chi connectivity index (χ1n) is 17.7. The van der Waals surface area contributed by atoms with Crippen LogP contribution in [0.1, 0.15) is 89.7 Å². The van der Waals surface area contributed by atoms with E-state index in [9.17, 15) is 55.4 Å². The van der Waals surface area contributed by atoms with Crippen molar-refractivity contribution in [3.63, 3.8) is 0 Å². The van der Waals surface area contributed by atoms with Crippen molar-refractivity contribution in [3.8, 4) is 0 Å².